The van der Waals surface area contributed by atoms with Crippen molar-refractivity contribution in [2.45, 2.75) is 101 Å². The maximum absolute atomic E-state index is 13.5. The standard InChI is InChI=1S/C28H38N6OS/c1-21-19-22(2)30-28(29-21)36-20-25-26(32-33-34(25)24-17-13-10-14-18-24)27(35)31-23-15-11-8-6-4-3-5-7-9-12-16-23/h10,13-14,17-19,23H,3-9,11-12,15-16,20H2,1-2H3,(H,31,35). The maximum atomic E-state index is 13.5. The number of hydrogen-bond acceptors (Lipinski definition) is 6. The van der Waals surface area contributed by atoms with Crippen molar-refractivity contribution < 1.29 is 4.79 Å². The lowest BCUT2D eigenvalue weighted by Gasteiger charge is -2.19. The summed E-state index contributed by atoms with van der Waals surface area (Å²) in [7, 11) is 0. The molecule has 1 aromatic carbocycles. The van der Waals surface area contributed by atoms with Crippen LogP contribution < -0.4 is 5.32 Å². The lowest BCUT2D eigenvalue weighted by Crippen LogP contribution is -2.35. The summed E-state index contributed by atoms with van der Waals surface area (Å²) in [6, 6.07) is 12.0. The van der Waals surface area contributed by atoms with E-state index in [4.69, 9.17) is 0 Å². The summed E-state index contributed by atoms with van der Waals surface area (Å²) in [5, 5.41) is 12.7. The zero-order valence-electron chi connectivity index (χ0n) is 21.6. The third-order valence-corrected chi connectivity index (χ3v) is 7.58. The van der Waals surface area contributed by atoms with E-state index in [9.17, 15) is 4.79 Å². The molecule has 4 rings (SSSR count). The number of nitrogens with one attached hydrogen (secondary N) is 1. The minimum atomic E-state index is -0.133. The van der Waals surface area contributed by atoms with Crippen LogP contribution in [0.3, 0.4) is 0 Å². The average molecular weight is 507 g/mol. The van der Waals surface area contributed by atoms with Crippen molar-refractivity contribution in [2.75, 3.05) is 0 Å². The first-order valence-corrected chi connectivity index (χ1v) is 14.3. The number of aryl methyl sites for hydroxylation is 2. The average Bonchev–Trinajstić information content (AvgIpc) is 3.28. The molecule has 0 spiro atoms. The molecular weight excluding hydrogens is 468 g/mol. The Morgan fingerprint density at radius 3 is 2.11 bits per heavy atom. The van der Waals surface area contributed by atoms with Gasteiger partial charge in [-0.1, -0.05) is 93.0 Å². The molecule has 0 aliphatic heterocycles. The Bertz CT molecular complexity index is 1080. The first-order valence-electron chi connectivity index (χ1n) is 13.4. The van der Waals surface area contributed by atoms with Crippen LogP contribution in [0.1, 0.15) is 98.2 Å². The van der Waals surface area contributed by atoms with E-state index >= 15 is 0 Å². The lowest BCUT2D eigenvalue weighted by molar-refractivity contribution is 0.0925. The van der Waals surface area contributed by atoms with Gasteiger partial charge in [-0.2, -0.15) is 0 Å². The van der Waals surface area contributed by atoms with Gasteiger partial charge in [-0.05, 0) is 44.9 Å². The Labute approximate surface area is 218 Å². The van der Waals surface area contributed by atoms with E-state index in [1.165, 1.54) is 56.7 Å². The van der Waals surface area contributed by atoms with Gasteiger partial charge in [0, 0.05) is 23.2 Å². The smallest absolute Gasteiger partial charge is 0.274 e. The minimum Gasteiger partial charge on any atom is -0.348 e. The topological polar surface area (TPSA) is 85.6 Å². The highest BCUT2D eigenvalue weighted by atomic mass is 32.2. The van der Waals surface area contributed by atoms with Gasteiger partial charge in [-0.25, -0.2) is 14.6 Å². The molecule has 8 heteroatoms. The van der Waals surface area contributed by atoms with Crippen LogP contribution in [0.2, 0.25) is 0 Å². The van der Waals surface area contributed by atoms with E-state index in [-0.39, 0.29) is 11.9 Å². The quantitative estimate of drug-likeness (QED) is 0.309. The summed E-state index contributed by atoms with van der Waals surface area (Å²) in [5.41, 5.74) is 3.90. The molecule has 0 atom stereocenters. The van der Waals surface area contributed by atoms with Gasteiger partial charge < -0.3 is 5.32 Å². The number of nitrogens with zero attached hydrogens (tertiary/aromatic N) is 5. The normalized spacial score (nSPS) is 16.2. The molecule has 0 radical (unpaired) electrons. The lowest BCUT2D eigenvalue weighted by atomic mass is 9.98. The fourth-order valence-corrected chi connectivity index (χ4v) is 5.78. The second-order valence-electron chi connectivity index (χ2n) is 9.78. The van der Waals surface area contributed by atoms with Gasteiger partial charge >= 0.3 is 0 Å². The number of hydrogen-bond donors (Lipinski definition) is 1. The molecule has 192 valence electrons. The molecule has 1 amide bonds. The van der Waals surface area contributed by atoms with Crippen LogP contribution in [-0.4, -0.2) is 36.9 Å². The summed E-state index contributed by atoms with van der Waals surface area (Å²) in [5.74, 6) is 0.365. The number of rotatable bonds is 6. The number of para-hydroxylation sites is 1. The van der Waals surface area contributed by atoms with E-state index < -0.39 is 0 Å². The minimum absolute atomic E-state index is 0.133. The molecule has 2 aromatic heterocycles. The maximum Gasteiger partial charge on any atom is 0.274 e. The van der Waals surface area contributed by atoms with Gasteiger partial charge in [-0.15, -0.1) is 5.10 Å². The molecule has 0 bridgehead atoms. The van der Waals surface area contributed by atoms with Crippen LogP contribution in [0.25, 0.3) is 5.69 Å². The number of carbonyl (C=O) groups excluding carboxylic acids is 1. The Balaban J connectivity index is 1.52. The van der Waals surface area contributed by atoms with E-state index in [1.54, 1.807) is 4.68 Å². The van der Waals surface area contributed by atoms with E-state index in [0.29, 0.717) is 16.6 Å². The molecule has 36 heavy (non-hydrogen) atoms. The molecule has 2 heterocycles. The van der Waals surface area contributed by atoms with Crippen molar-refractivity contribution in [3.63, 3.8) is 0 Å². The first kappa shape index (κ1) is 26.3. The van der Waals surface area contributed by atoms with Crippen molar-refractivity contribution >= 4 is 17.7 Å². The first-order chi connectivity index (χ1) is 17.6. The van der Waals surface area contributed by atoms with Gasteiger partial charge in [0.25, 0.3) is 5.91 Å². The highest BCUT2D eigenvalue weighted by molar-refractivity contribution is 7.98. The summed E-state index contributed by atoms with van der Waals surface area (Å²) in [6.07, 6.45) is 13.5. The highest BCUT2D eigenvalue weighted by Crippen LogP contribution is 2.24. The van der Waals surface area contributed by atoms with Crippen LogP contribution in [0.4, 0.5) is 0 Å². The second-order valence-corrected chi connectivity index (χ2v) is 10.7. The van der Waals surface area contributed by atoms with Crippen molar-refractivity contribution in [2.24, 2.45) is 0 Å². The third kappa shape index (κ3) is 7.63. The van der Waals surface area contributed by atoms with Gasteiger partial charge in [0.1, 0.15) is 0 Å². The summed E-state index contributed by atoms with van der Waals surface area (Å²) < 4.78 is 1.77. The van der Waals surface area contributed by atoms with Gasteiger partial charge in [-0.3, -0.25) is 4.79 Å². The number of amides is 1. The summed E-state index contributed by atoms with van der Waals surface area (Å²) >= 11 is 1.51. The van der Waals surface area contributed by atoms with Crippen molar-refractivity contribution in [3.05, 3.63) is 59.2 Å². The molecule has 0 unspecified atom stereocenters. The molecule has 1 N–H and O–H groups in total. The molecule has 3 aromatic rings. The Morgan fingerprint density at radius 2 is 1.50 bits per heavy atom. The van der Waals surface area contributed by atoms with E-state index in [1.807, 2.05) is 50.2 Å². The van der Waals surface area contributed by atoms with Gasteiger partial charge in [0.05, 0.1) is 11.4 Å². The Morgan fingerprint density at radius 1 is 0.917 bits per heavy atom. The molecule has 7 nitrogen and oxygen atoms in total. The largest absolute Gasteiger partial charge is 0.348 e. The number of aromatic nitrogens is 5. The van der Waals surface area contributed by atoms with Crippen molar-refractivity contribution in [1.29, 1.82) is 0 Å². The van der Waals surface area contributed by atoms with Crippen molar-refractivity contribution in [1.82, 2.24) is 30.3 Å². The molecular formula is C28H38N6OS. The molecule has 1 fully saturated rings. The van der Waals surface area contributed by atoms with Crippen LogP contribution in [0, 0.1) is 13.8 Å². The SMILES string of the molecule is Cc1cc(C)nc(SCc2c(C(=O)NC3CCCCCCCCCCC3)nnn2-c2ccccc2)n1. The molecule has 1 saturated carbocycles. The van der Waals surface area contributed by atoms with Crippen molar-refractivity contribution in [3.8, 4) is 5.69 Å². The van der Waals surface area contributed by atoms with Crippen LogP contribution in [0.5, 0.6) is 0 Å². The van der Waals surface area contributed by atoms with Gasteiger partial charge in [0.2, 0.25) is 0 Å². The fraction of sp³-hybridized carbons (Fsp3) is 0.536. The highest BCUT2D eigenvalue weighted by Gasteiger charge is 2.23. The Kier molecular flexibility index (Phi) is 9.90. The number of thioether (sulfide) groups is 1. The predicted molar refractivity (Wildman–Crippen MR) is 144 cm³/mol. The number of carbonyl (C=O) groups is 1. The zero-order valence-corrected chi connectivity index (χ0v) is 22.4. The molecule has 1 aliphatic rings. The molecule has 0 saturated heterocycles. The fourth-order valence-electron chi connectivity index (χ4n) is 4.84. The summed E-state index contributed by atoms with van der Waals surface area (Å²) in [6.45, 7) is 3.94. The van der Waals surface area contributed by atoms with E-state index in [2.05, 4.69) is 25.6 Å². The van der Waals surface area contributed by atoms with Gasteiger partial charge in [0.15, 0.2) is 10.9 Å². The monoisotopic (exact) mass is 506 g/mol. The third-order valence-electron chi connectivity index (χ3n) is 6.72. The van der Waals surface area contributed by atoms with Crippen LogP contribution in [0.15, 0.2) is 41.6 Å². The van der Waals surface area contributed by atoms with Crippen LogP contribution in [-0.2, 0) is 5.75 Å². The molecule has 1 aliphatic carbocycles. The summed E-state index contributed by atoms with van der Waals surface area (Å²) in [4.78, 5) is 22.6. The Hall–Kier alpha value is -2.74. The predicted octanol–water partition coefficient (Wildman–Crippen LogP) is 6.37. The second kappa shape index (κ2) is 13.5. The van der Waals surface area contributed by atoms with E-state index in [0.717, 1.165) is 48.5 Å². The number of benzene rings is 1. The zero-order chi connectivity index (χ0) is 25.2. The van der Waals surface area contributed by atoms with Crippen LogP contribution >= 0.6 is 11.8 Å².